The van der Waals surface area contributed by atoms with Gasteiger partial charge in [0.15, 0.2) is 0 Å². The van der Waals surface area contributed by atoms with Crippen LogP contribution in [0.4, 0.5) is 0 Å². The molecule has 0 aliphatic heterocycles. The maximum absolute atomic E-state index is 4.82. The topological polar surface area (TPSA) is 51.6 Å². The highest BCUT2D eigenvalue weighted by molar-refractivity contribution is 7.22. The molecule has 0 aliphatic carbocycles. The molecule has 0 N–H and O–H groups in total. The summed E-state index contributed by atoms with van der Waals surface area (Å²) >= 11 is 4.72. The second-order valence-electron chi connectivity index (χ2n) is 12.4. The lowest BCUT2D eigenvalue weighted by molar-refractivity contribution is 1.47. The first-order chi connectivity index (χ1) is 25.2. The first-order valence-electron chi connectivity index (χ1n) is 16.6. The summed E-state index contributed by atoms with van der Waals surface area (Å²) in [4.78, 5) is 9.63. The number of para-hydroxylation sites is 2. The largest absolute Gasteiger partial charge is 0.236 e. The van der Waals surface area contributed by atoms with Crippen molar-refractivity contribution in [2.45, 2.75) is 0 Å². The van der Waals surface area contributed by atoms with E-state index in [1.54, 1.807) is 22.7 Å². The molecule has 0 atom stereocenters. The monoisotopic (exact) mass is 706 g/mol. The molecule has 7 aromatic carbocycles. The van der Waals surface area contributed by atoms with Crippen LogP contribution < -0.4 is 0 Å². The minimum atomic E-state index is 0.931. The Labute approximate surface area is 306 Å². The molecule has 3 heterocycles. The van der Waals surface area contributed by atoms with Crippen LogP contribution in [0.15, 0.2) is 158 Å². The molecule has 0 bridgehead atoms. The number of hydrogen-bond acceptors (Lipinski definition) is 7. The average Bonchev–Trinajstić information content (AvgIpc) is 3.97. The third-order valence-corrected chi connectivity index (χ3v) is 12.0. The summed E-state index contributed by atoms with van der Waals surface area (Å²) in [6, 6.07) is 55.8. The minimum absolute atomic E-state index is 0.931. The van der Waals surface area contributed by atoms with Gasteiger partial charge in [-0.1, -0.05) is 133 Å². The number of benzene rings is 7. The van der Waals surface area contributed by atoms with E-state index in [4.69, 9.17) is 18.7 Å². The first kappa shape index (κ1) is 30.0. The lowest BCUT2D eigenvalue weighted by Gasteiger charge is -2.09. The second-order valence-corrected chi connectivity index (χ2v) is 15.0. The van der Waals surface area contributed by atoms with Crippen molar-refractivity contribution >= 4 is 65.9 Å². The molecule has 0 saturated heterocycles. The van der Waals surface area contributed by atoms with Crippen LogP contribution in [0.5, 0.6) is 0 Å². The van der Waals surface area contributed by atoms with E-state index in [0.717, 1.165) is 65.5 Å². The molecule has 0 spiro atoms. The SMILES string of the molecule is c1ccc2sc(-c3ccc(-c4ccc(-c5ccc(-c6ccc(-c7ccc(-c8nc9ccccc9s8)cc7)cc6)c6nsnc56)cc4)cc3)nc2c1. The number of nitrogens with zero attached hydrogens (tertiary/aromatic N) is 4. The third kappa shape index (κ3) is 5.52. The Kier molecular flexibility index (Phi) is 7.34. The molecule has 3 aromatic heterocycles. The number of aromatic nitrogens is 4. The molecule has 0 fully saturated rings. The highest BCUT2D eigenvalue weighted by atomic mass is 32.1. The van der Waals surface area contributed by atoms with Gasteiger partial charge in [-0.2, -0.15) is 8.75 Å². The average molecular weight is 707 g/mol. The fourth-order valence-corrected chi connectivity index (χ4v) is 9.13. The number of fused-ring (bicyclic) bond motifs is 3. The van der Waals surface area contributed by atoms with E-state index < -0.39 is 0 Å². The van der Waals surface area contributed by atoms with Gasteiger partial charge >= 0.3 is 0 Å². The zero-order valence-electron chi connectivity index (χ0n) is 27.0. The Morgan fingerprint density at radius 3 is 1.02 bits per heavy atom. The fraction of sp³-hybridized carbons (Fsp3) is 0. The summed E-state index contributed by atoms with van der Waals surface area (Å²) in [5.41, 5.74) is 15.4. The van der Waals surface area contributed by atoms with E-state index in [1.165, 1.54) is 43.4 Å². The molecule has 0 amide bonds. The van der Waals surface area contributed by atoms with Crippen LogP contribution in [0.3, 0.4) is 0 Å². The molecule has 0 radical (unpaired) electrons. The van der Waals surface area contributed by atoms with Crippen molar-refractivity contribution in [3.63, 3.8) is 0 Å². The summed E-state index contributed by atoms with van der Waals surface area (Å²) in [6.07, 6.45) is 0. The van der Waals surface area contributed by atoms with Gasteiger partial charge in [-0.15, -0.1) is 22.7 Å². The van der Waals surface area contributed by atoms with Crippen LogP contribution in [0, 0.1) is 0 Å². The Bertz CT molecular complexity index is 2570. The predicted molar refractivity (Wildman–Crippen MR) is 216 cm³/mol. The number of rotatable bonds is 6. The van der Waals surface area contributed by atoms with Crippen LogP contribution in [-0.2, 0) is 0 Å². The van der Waals surface area contributed by atoms with Gasteiger partial charge in [0.05, 0.1) is 32.2 Å². The molecule has 0 aliphatic rings. The van der Waals surface area contributed by atoms with Crippen LogP contribution in [-0.4, -0.2) is 18.7 Å². The molecule has 7 heteroatoms. The van der Waals surface area contributed by atoms with Gasteiger partial charge in [0, 0.05) is 22.3 Å². The molecule has 10 aromatic rings. The molecule has 4 nitrogen and oxygen atoms in total. The summed E-state index contributed by atoms with van der Waals surface area (Å²) in [5.74, 6) is 0. The van der Waals surface area contributed by atoms with E-state index in [1.807, 2.05) is 12.1 Å². The standard InChI is InChI=1S/C44H26N4S3/c1-3-7-39-37(5-1)45-43(49-39)33-21-13-29(14-22-33)27-9-17-31(18-10-27)35-25-26-36(42-41(35)47-51-48-42)32-19-11-28(12-20-32)30-15-23-34(24-16-30)44-46-38-6-2-4-8-40(38)50-44/h1-26H. The van der Waals surface area contributed by atoms with Crippen molar-refractivity contribution in [1.29, 1.82) is 0 Å². The Morgan fingerprint density at radius 1 is 0.314 bits per heavy atom. The van der Waals surface area contributed by atoms with Crippen molar-refractivity contribution in [2.75, 3.05) is 0 Å². The van der Waals surface area contributed by atoms with Gasteiger partial charge in [0.25, 0.3) is 0 Å². The second kappa shape index (κ2) is 12.5. The zero-order chi connectivity index (χ0) is 33.7. The summed E-state index contributed by atoms with van der Waals surface area (Å²) in [6.45, 7) is 0. The van der Waals surface area contributed by atoms with Crippen LogP contribution in [0.1, 0.15) is 0 Å². The molecule has 51 heavy (non-hydrogen) atoms. The van der Waals surface area contributed by atoms with Gasteiger partial charge in [0.1, 0.15) is 21.0 Å². The molecule has 0 unspecified atom stereocenters. The van der Waals surface area contributed by atoms with Crippen LogP contribution >= 0.6 is 34.4 Å². The highest BCUT2D eigenvalue weighted by Crippen LogP contribution is 2.37. The van der Waals surface area contributed by atoms with E-state index in [2.05, 4.69) is 146 Å². The van der Waals surface area contributed by atoms with E-state index in [0.29, 0.717) is 0 Å². The molecule has 10 rings (SSSR count). The molecular weight excluding hydrogens is 681 g/mol. The van der Waals surface area contributed by atoms with Crippen molar-refractivity contribution in [2.24, 2.45) is 0 Å². The van der Waals surface area contributed by atoms with E-state index in [-0.39, 0.29) is 0 Å². The van der Waals surface area contributed by atoms with Crippen LogP contribution in [0.2, 0.25) is 0 Å². The maximum atomic E-state index is 4.82. The van der Waals surface area contributed by atoms with Crippen molar-refractivity contribution in [3.05, 3.63) is 158 Å². The third-order valence-electron chi connectivity index (χ3n) is 9.33. The molecule has 0 saturated carbocycles. The Hall–Kier alpha value is -5.86. The van der Waals surface area contributed by atoms with E-state index >= 15 is 0 Å². The number of hydrogen-bond donors (Lipinski definition) is 0. The number of thiazole rings is 2. The van der Waals surface area contributed by atoms with Crippen molar-refractivity contribution in [1.82, 2.24) is 18.7 Å². The summed E-state index contributed by atoms with van der Waals surface area (Å²) in [7, 11) is 0. The smallest absolute Gasteiger partial charge is 0.124 e. The van der Waals surface area contributed by atoms with Gasteiger partial charge in [-0.3, -0.25) is 0 Å². The van der Waals surface area contributed by atoms with Gasteiger partial charge in [-0.05, 0) is 57.6 Å². The van der Waals surface area contributed by atoms with Gasteiger partial charge in [-0.25, -0.2) is 9.97 Å². The van der Waals surface area contributed by atoms with E-state index in [9.17, 15) is 0 Å². The lowest BCUT2D eigenvalue weighted by Crippen LogP contribution is -1.87. The van der Waals surface area contributed by atoms with Crippen LogP contribution in [0.25, 0.3) is 97.1 Å². The Balaban J connectivity index is 0.881. The van der Waals surface area contributed by atoms with Crippen molar-refractivity contribution < 1.29 is 0 Å². The quantitative estimate of drug-likeness (QED) is 0.173. The minimum Gasteiger partial charge on any atom is -0.236 e. The zero-order valence-corrected chi connectivity index (χ0v) is 29.5. The first-order valence-corrected chi connectivity index (χ1v) is 19.0. The predicted octanol–water partition coefficient (Wildman–Crippen LogP) is 12.9. The van der Waals surface area contributed by atoms with Crippen molar-refractivity contribution in [3.8, 4) is 65.6 Å². The van der Waals surface area contributed by atoms with Gasteiger partial charge < -0.3 is 0 Å². The normalized spacial score (nSPS) is 11.5. The maximum Gasteiger partial charge on any atom is 0.124 e. The lowest BCUT2D eigenvalue weighted by atomic mass is 9.95. The summed E-state index contributed by atoms with van der Waals surface area (Å²) < 4.78 is 11.9. The summed E-state index contributed by atoms with van der Waals surface area (Å²) in [5, 5.41) is 2.09. The highest BCUT2D eigenvalue weighted by Gasteiger charge is 2.15. The molecular formula is C44H26N4S3. The Morgan fingerprint density at radius 2 is 0.647 bits per heavy atom. The van der Waals surface area contributed by atoms with Gasteiger partial charge in [0.2, 0.25) is 0 Å². The fourth-order valence-electron chi connectivity index (χ4n) is 6.62. The molecule has 240 valence electrons.